The summed E-state index contributed by atoms with van der Waals surface area (Å²) >= 11 is 0. The van der Waals surface area contributed by atoms with Gasteiger partial charge in [-0.1, -0.05) is 0 Å². The molecule has 3 aliphatic rings. The highest BCUT2D eigenvalue weighted by atomic mass is 16.6. The molecule has 0 radical (unpaired) electrons. The molecule has 2 bridgehead atoms. The second kappa shape index (κ2) is 4.21. The largest absolute Gasteiger partial charge is 0.462 e. The first-order valence-electron chi connectivity index (χ1n) is 5.54. The van der Waals surface area contributed by atoms with Crippen LogP contribution in [0, 0.1) is 11.8 Å². The molecule has 0 amide bonds. The molecule has 4 heteroatoms. The van der Waals surface area contributed by atoms with E-state index in [-0.39, 0.29) is 36.5 Å². The van der Waals surface area contributed by atoms with Gasteiger partial charge in [-0.3, -0.25) is 9.59 Å². The van der Waals surface area contributed by atoms with E-state index >= 15 is 0 Å². The zero-order valence-electron chi connectivity index (χ0n) is 8.90. The molecule has 15 heavy (non-hydrogen) atoms. The summed E-state index contributed by atoms with van der Waals surface area (Å²) in [6, 6.07) is 0. The fourth-order valence-electron chi connectivity index (χ4n) is 2.21. The van der Waals surface area contributed by atoms with Crippen LogP contribution in [0.4, 0.5) is 0 Å². The molecule has 0 aromatic rings. The fraction of sp³-hybridized carbons (Fsp3) is 0.818. The van der Waals surface area contributed by atoms with E-state index < -0.39 is 0 Å². The van der Waals surface area contributed by atoms with Gasteiger partial charge in [0.25, 0.3) is 0 Å². The van der Waals surface area contributed by atoms with Crippen LogP contribution in [0.25, 0.3) is 0 Å². The van der Waals surface area contributed by atoms with Gasteiger partial charge in [0.1, 0.15) is 12.7 Å². The number of hydrogen-bond donors (Lipinski definition) is 0. The third-order valence-electron chi connectivity index (χ3n) is 3.17. The lowest BCUT2D eigenvalue weighted by Crippen LogP contribution is -2.34. The van der Waals surface area contributed by atoms with Crippen LogP contribution in [0.1, 0.15) is 32.6 Å². The number of rotatable bonds is 0. The summed E-state index contributed by atoms with van der Waals surface area (Å²) in [5.41, 5.74) is 0. The standard InChI is InChI=1S/C11H16O4/c1-7-6-14-10(12)8-2-4-9(5-3-8)11(13)15-7/h7-9H,2-6H2,1H3. The molecule has 0 N–H and O–H groups in total. The number of esters is 2. The molecule has 3 rings (SSSR count). The molecule has 0 aromatic carbocycles. The Labute approximate surface area is 88.9 Å². The topological polar surface area (TPSA) is 52.6 Å². The molecule has 1 unspecified atom stereocenters. The molecule has 84 valence electrons. The van der Waals surface area contributed by atoms with Crippen LogP contribution in [0.3, 0.4) is 0 Å². The molecule has 3 fully saturated rings. The van der Waals surface area contributed by atoms with E-state index in [2.05, 4.69) is 0 Å². The van der Waals surface area contributed by atoms with E-state index in [1.807, 2.05) is 0 Å². The zero-order chi connectivity index (χ0) is 10.8. The average molecular weight is 212 g/mol. The van der Waals surface area contributed by atoms with Crippen molar-refractivity contribution in [2.24, 2.45) is 11.8 Å². The highest BCUT2D eigenvalue weighted by Gasteiger charge is 2.33. The average Bonchev–Trinajstić information content (AvgIpc) is 2.25. The monoisotopic (exact) mass is 212 g/mol. The maximum absolute atomic E-state index is 11.6. The minimum Gasteiger partial charge on any atom is -0.462 e. The zero-order valence-corrected chi connectivity index (χ0v) is 8.90. The molecule has 2 aliphatic heterocycles. The molecule has 2 saturated heterocycles. The van der Waals surface area contributed by atoms with Crippen molar-refractivity contribution in [3.05, 3.63) is 0 Å². The lowest BCUT2D eigenvalue weighted by atomic mass is 9.82. The van der Waals surface area contributed by atoms with Gasteiger partial charge in [0, 0.05) is 0 Å². The minimum atomic E-state index is -0.319. The first kappa shape index (κ1) is 10.5. The van der Waals surface area contributed by atoms with Crippen LogP contribution in [-0.4, -0.2) is 24.6 Å². The summed E-state index contributed by atoms with van der Waals surface area (Å²) in [4.78, 5) is 23.2. The van der Waals surface area contributed by atoms with Gasteiger partial charge >= 0.3 is 11.9 Å². The van der Waals surface area contributed by atoms with E-state index in [1.54, 1.807) is 6.92 Å². The maximum Gasteiger partial charge on any atom is 0.309 e. The van der Waals surface area contributed by atoms with Crippen molar-refractivity contribution in [2.45, 2.75) is 38.7 Å². The number of ether oxygens (including phenoxy) is 2. The van der Waals surface area contributed by atoms with Crippen molar-refractivity contribution in [3.63, 3.8) is 0 Å². The Morgan fingerprint density at radius 2 is 1.53 bits per heavy atom. The van der Waals surface area contributed by atoms with E-state index in [0.717, 1.165) is 25.7 Å². The van der Waals surface area contributed by atoms with E-state index in [9.17, 15) is 9.59 Å². The van der Waals surface area contributed by atoms with Crippen molar-refractivity contribution >= 4 is 11.9 Å². The number of fused-ring (bicyclic) bond motifs is 7. The van der Waals surface area contributed by atoms with Crippen molar-refractivity contribution < 1.29 is 19.1 Å². The summed E-state index contributed by atoms with van der Waals surface area (Å²) in [5.74, 6) is -0.258. The molecular weight excluding hydrogens is 196 g/mol. The molecule has 1 atom stereocenters. The Kier molecular flexibility index (Phi) is 2.93. The molecule has 2 heterocycles. The van der Waals surface area contributed by atoms with Crippen molar-refractivity contribution in [1.82, 2.24) is 0 Å². The van der Waals surface area contributed by atoms with Gasteiger partial charge < -0.3 is 9.47 Å². The molecule has 1 saturated carbocycles. The van der Waals surface area contributed by atoms with E-state index in [4.69, 9.17) is 9.47 Å². The molecule has 0 aromatic heterocycles. The lowest BCUT2D eigenvalue weighted by molar-refractivity contribution is -0.169. The van der Waals surface area contributed by atoms with Crippen LogP contribution >= 0.6 is 0 Å². The van der Waals surface area contributed by atoms with E-state index in [0.29, 0.717) is 0 Å². The quantitative estimate of drug-likeness (QED) is 0.568. The number of carbonyl (C=O) groups is 2. The summed E-state index contributed by atoms with van der Waals surface area (Å²) in [6.45, 7) is 1.94. The Balaban J connectivity index is 2.08. The van der Waals surface area contributed by atoms with Crippen LogP contribution in [0.15, 0.2) is 0 Å². The third kappa shape index (κ3) is 2.30. The SMILES string of the molecule is CC1COC(=O)C2CCC(CC2)C(=O)O1. The van der Waals surface area contributed by atoms with Gasteiger partial charge in [-0.15, -0.1) is 0 Å². The maximum atomic E-state index is 11.6. The molecule has 0 spiro atoms. The predicted octanol–water partition coefficient (Wildman–Crippen LogP) is 1.28. The van der Waals surface area contributed by atoms with Crippen LogP contribution < -0.4 is 0 Å². The lowest BCUT2D eigenvalue weighted by Gasteiger charge is -2.29. The number of carbonyl (C=O) groups excluding carboxylic acids is 2. The molecular formula is C11H16O4. The van der Waals surface area contributed by atoms with Gasteiger partial charge in [0.05, 0.1) is 11.8 Å². The predicted molar refractivity (Wildman–Crippen MR) is 52.0 cm³/mol. The second-order valence-electron chi connectivity index (χ2n) is 4.43. The summed E-state index contributed by atoms with van der Waals surface area (Å²) < 4.78 is 10.3. The summed E-state index contributed by atoms with van der Waals surface area (Å²) in [5, 5.41) is 0. The van der Waals surface area contributed by atoms with Crippen molar-refractivity contribution in [3.8, 4) is 0 Å². The Bertz CT molecular complexity index is 266. The van der Waals surface area contributed by atoms with Gasteiger partial charge in [0.15, 0.2) is 0 Å². The van der Waals surface area contributed by atoms with Gasteiger partial charge in [-0.2, -0.15) is 0 Å². The Morgan fingerprint density at radius 1 is 1.00 bits per heavy atom. The van der Waals surface area contributed by atoms with Gasteiger partial charge in [-0.25, -0.2) is 0 Å². The van der Waals surface area contributed by atoms with Crippen LogP contribution in [0.5, 0.6) is 0 Å². The highest BCUT2D eigenvalue weighted by Crippen LogP contribution is 2.31. The highest BCUT2D eigenvalue weighted by molar-refractivity contribution is 5.75. The third-order valence-corrected chi connectivity index (χ3v) is 3.17. The first-order valence-corrected chi connectivity index (χ1v) is 5.54. The first-order chi connectivity index (χ1) is 7.16. The summed E-state index contributed by atoms with van der Waals surface area (Å²) in [6.07, 6.45) is 2.71. The van der Waals surface area contributed by atoms with Crippen molar-refractivity contribution in [1.29, 1.82) is 0 Å². The Hall–Kier alpha value is -1.06. The van der Waals surface area contributed by atoms with Crippen molar-refractivity contribution in [2.75, 3.05) is 6.61 Å². The normalized spacial score (nSPS) is 37.0. The van der Waals surface area contributed by atoms with Gasteiger partial charge in [-0.05, 0) is 32.6 Å². The number of hydrogen-bond acceptors (Lipinski definition) is 4. The fourth-order valence-corrected chi connectivity index (χ4v) is 2.21. The summed E-state index contributed by atoms with van der Waals surface area (Å²) in [7, 11) is 0. The second-order valence-corrected chi connectivity index (χ2v) is 4.43. The van der Waals surface area contributed by atoms with Gasteiger partial charge in [0.2, 0.25) is 0 Å². The molecule has 4 nitrogen and oxygen atoms in total. The minimum absolute atomic E-state index is 0.000602. The Morgan fingerprint density at radius 3 is 2.13 bits per heavy atom. The van der Waals surface area contributed by atoms with Crippen LogP contribution in [-0.2, 0) is 19.1 Å². The van der Waals surface area contributed by atoms with E-state index in [1.165, 1.54) is 0 Å². The smallest absolute Gasteiger partial charge is 0.309 e. The van der Waals surface area contributed by atoms with Crippen LogP contribution in [0.2, 0.25) is 0 Å². The molecule has 1 aliphatic carbocycles.